The third kappa shape index (κ3) is 3.10. The number of hydrogen-bond acceptors (Lipinski definition) is 6. The van der Waals surface area contributed by atoms with Crippen LogP contribution in [0, 0.1) is 0 Å². The SMILES string of the molecule is CCC(=O)N1CC2(C1)CN(C(=O)c1cnccn1)[C@H](CO)c1c2c2ccc(OC)cc2n1C. The zero-order valence-electron chi connectivity index (χ0n) is 19.0. The summed E-state index contributed by atoms with van der Waals surface area (Å²) in [6.45, 7) is 3.07. The highest BCUT2D eigenvalue weighted by Gasteiger charge is 2.55. The molecule has 33 heavy (non-hydrogen) atoms. The Morgan fingerprint density at radius 3 is 2.67 bits per heavy atom. The van der Waals surface area contributed by atoms with Gasteiger partial charge in [-0.2, -0.15) is 0 Å². The molecule has 2 amide bonds. The van der Waals surface area contributed by atoms with Gasteiger partial charge in [-0.3, -0.25) is 14.6 Å². The maximum atomic E-state index is 13.5. The molecule has 3 aromatic rings. The first-order valence-corrected chi connectivity index (χ1v) is 11.1. The number of carbonyl (C=O) groups excluding carboxylic acids is 2. The molecule has 5 rings (SSSR count). The lowest BCUT2D eigenvalue weighted by Crippen LogP contribution is -2.68. The molecule has 0 unspecified atom stereocenters. The second kappa shape index (κ2) is 7.84. The number of aliphatic hydroxyl groups excluding tert-OH is 1. The van der Waals surface area contributed by atoms with Crippen LogP contribution in [-0.4, -0.2) is 74.6 Å². The Morgan fingerprint density at radius 1 is 1.24 bits per heavy atom. The van der Waals surface area contributed by atoms with Gasteiger partial charge in [0.1, 0.15) is 11.4 Å². The van der Waals surface area contributed by atoms with Crippen molar-refractivity contribution in [2.75, 3.05) is 33.4 Å². The van der Waals surface area contributed by atoms with Crippen molar-refractivity contribution < 1.29 is 19.4 Å². The van der Waals surface area contributed by atoms with Gasteiger partial charge in [-0.05, 0) is 17.7 Å². The molecule has 0 aliphatic carbocycles. The third-order valence-corrected chi connectivity index (χ3v) is 7.01. The number of nitrogens with zero attached hydrogens (tertiary/aromatic N) is 5. The summed E-state index contributed by atoms with van der Waals surface area (Å²) in [6, 6.07) is 5.39. The fourth-order valence-corrected chi connectivity index (χ4v) is 5.47. The van der Waals surface area contributed by atoms with Gasteiger partial charge in [-0.1, -0.05) is 6.92 Å². The second-order valence-electron chi connectivity index (χ2n) is 8.81. The number of methoxy groups -OCH3 is 1. The number of fused-ring (bicyclic) bond motifs is 4. The summed E-state index contributed by atoms with van der Waals surface area (Å²) in [6.07, 6.45) is 4.89. The van der Waals surface area contributed by atoms with Crippen molar-refractivity contribution in [3.63, 3.8) is 0 Å². The number of carbonyl (C=O) groups is 2. The Morgan fingerprint density at radius 2 is 2.03 bits per heavy atom. The van der Waals surface area contributed by atoms with Gasteiger partial charge in [0, 0.05) is 62.6 Å². The van der Waals surface area contributed by atoms with E-state index in [0.717, 1.165) is 27.9 Å². The van der Waals surface area contributed by atoms with Crippen LogP contribution < -0.4 is 4.74 Å². The van der Waals surface area contributed by atoms with Gasteiger partial charge in [0.05, 0.1) is 36.9 Å². The number of amides is 2. The molecule has 1 atom stereocenters. The zero-order chi connectivity index (χ0) is 23.3. The van der Waals surface area contributed by atoms with Gasteiger partial charge < -0.3 is 24.2 Å². The van der Waals surface area contributed by atoms with Crippen molar-refractivity contribution >= 4 is 22.7 Å². The van der Waals surface area contributed by atoms with Gasteiger partial charge in [0.15, 0.2) is 0 Å². The van der Waals surface area contributed by atoms with Crippen molar-refractivity contribution in [2.24, 2.45) is 7.05 Å². The summed E-state index contributed by atoms with van der Waals surface area (Å²) < 4.78 is 7.48. The first-order valence-electron chi connectivity index (χ1n) is 11.1. The second-order valence-corrected chi connectivity index (χ2v) is 8.81. The average Bonchev–Trinajstić information content (AvgIpc) is 3.13. The predicted molar refractivity (Wildman–Crippen MR) is 121 cm³/mol. The summed E-state index contributed by atoms with van der Waals surface area (Å²) in [7, 11) is 3.57. The Kier molecular flexibility index (Phi) is 5.08. The van der Waals surface area contributed by atoms with Crippen LogP contribution in [0.1, 0.15) is 41.1 Å². The minimum absolute atomic E-state index is 0.0974. The van der Waals surface area contributed by atoms with Crippen molar-refractivity contribution in [1.29, 1.82) is 0 Å². The molecule has 2 aliphatic rings. The molecule has 4 heterocycles. The molecule has 1 saturated heterocycles. The third-order valence-electron chi connectivity index (χ3n) is 7.01. The van der Waals surface area contributed by atoms with E-state index in [1.165, 1.54) is 18.6 Å². The van der Waals surface area contributed by atoms with Gasteiger partial charge in [-0.15, -0.1) is 0 Å². The molecule has 0 radical (unpaired) electrons. The maximum Gasteiger partial charge on any atom is 0.274 e. The minimum Gasteiger partial charge on any atom is -0.497 e. The number of benzene rings is 1. The van der Waals surface area contributed by atoms with E-state index in [2.05, 4.69) is 9.97 Å². The predicted octanol–water partition coefficient (Wildman–Crippen LogP) is 1.66. The number of aromatic nitrogens is 3. The molecule has 9 nitrogen and oxygen atoms in total. The van der Waals surface area contributed by atoms with E-state index in [1.54, 1.807) is 12.0 Å². The normalized spacial score (nSPS) is 18.8. The smallest absolute Gasteiger partial charge is 0.274 e. The Hall–Kier alpha value is -3.46. The van der Waals surface area contributed by atoms with Crippen LogP contribution in [0.3, 0.4) is 0 Å². The van der Waals surface area contributed by atoms with E-state index in [9.17, 15) is 14.7 Å². The lowest BCUT2D eigenvalue weighted by molar-refractivity contribution is -0.139. The van der Waals surface area contributed by atoms with Crippen LogP contribution >= 0.6 is 0 Å². The number of aliphatic hydroxyl groups is 1. The number of likely N-dealkylation sites (tertiary alicyclic amines) is 1. The summed E-state index contributed by atoms with van der Waals surface area (Å²) in [5.41, 5.74) is 2.76. The minimum atomic E-state index is -0.542. The van der Waals surface area contributed by atoms with Crippen LogP contribution in [0.2, 0.25) is 0 Å². The van der Waals surface area contributed by atoms with Crippen LogP contribution in [-0.2, 0) is 17.3 Å². The monoisotopic (exact) mass is 449 g/mol. The van der Waals surface area contributed by atoms with E-state index in [0.29, 0.717) is 26.1 Å². The summed E-state index contributed by atoms with van der Waals surface area (Å²) >= 11 is 0. The largest absolute Gasteiger partial charge is 0.497 e. The van der Waals surface area contributed by atoms with Crippen molar-refractivity contribution in [3.8, 4) is 5.75 Å². The Balaban J connectivity index is 1.69. The van der Waals surface area contributed by atoms with E-state index in [4.69, 9.17) is 4.74 Å². The fraction of sp³-hybridized carbons (Fsp3) is 0.417. The van der Waals surface area contributed by atoms with Crippen LogP contribution in [0.5, 0.6) is 5.75 Å². The van der Waals surface area contributed by atoms with Gasteiger partial charge in [-0.25, -0.2) is 4.98 Å². The van der Waals surface area contributed by atoms with Gasteiger partial charge in [0.25, 0.3) is 5.91 Å². The lowest BCUT2D eigenvalue weighted by atomic mass is 9.68. The molecular formula is C24H27N5O4. The molecule has 9 heteroatoms. The van der Waals surface area contributed by atoms with Gasteiger partial charge >= 0.3 is 0 Å². The molecule has 2 aliphatic heterocycles. The highest BCUT2D eigenvalue weighted by molar-refractivity contribution is 5.94. The Labute approximate surface area is 191 Å². The molecule has 1 fully saturated rings. The number of ether oxygens (including phenoxy) is 1. The summed E-state index contributed by atoms with van der Waals surface area (Å²) in [5.74, 6) is 0.550. The molecule has 1 aromatic carbocycles. The highest BCUT2D eigenvalue weighted by atomic mass is 16.5. The first kappa shape index (κ1) is 21.4. The number of rotatable bonds is 4. The molecule has 0 bridgehead atoms. The van der Waals surface area contributed by atoms with E-state index in [-0.39, 0.29) is 24.1 Å². The van der Waals surface area contributed by atoms with Gasteiger partial charge in [0.2, 0.25) is 5.91 Å². The molecular weight excluding hydrogens is 422 g/mol. The van der Waals surface area contributed by atoms with Crippen LogP contribution in [0.15, 0.2) is 36.8 Å². The maximum absolute atomic E-state index is 13.5. The van der Waals surface area contributed by atoms with E-state index in [1.807, 2.05) is 41.6 Å². The molecule has 2 aromatic heterocycles. The Bertz CT molecular complexity index is 1230. The molecule has 0 saturated carbocycles. The number of hydrogen-bond donors (Lipinski definition) is 1. The highest BCUT2D eigenvalue weighted by Crippen LogP contribution is 2.49. The molecule has 1 N–H and O–H groups in total. The first-order chi connectivity index (χ1) is 15.9. The van der Waals surface area contributed by atoms with E-state index < -0.39 is 11.5 Å². The average molecular weight is 450 g/mol. The molecule has 172 valence electrons. The van der Waals surface area contributed by atoms with Crippen molar-refractivity contribution in [1.82, 2.24) is 24.3 Å². The van der Waals surface area contributed by atoms with Crippen LogP contribution in [0.25, 0.3) is 10.9 Å². The summed E-state index contributed by atoms with van der Waals surface area (Å²) in [5, 5.41) is 11.5. The topological polar surface area (TPSA) is 101 Å². The van der Waals surface area contributed by atoms with Crippen LogP contribution in [0.4, 0.5) is 0 Å². The summed E-state index contributed by atoms with van der Waals surface area (Å²) in [4.78, 5) is 37.7. The molecule has 1 spiro atoms. The lowest BCUT2D eigenvalue weighted by Gasteiger charge is -2.56. The fourth-order valence-electron chi connectivity index (χ4n) is 5.47. The van der Waals surface area contributed by atoms with Crippen molar-refractivity contribution in [3.05, 3.63) is 53.7 Å². The van der Waals surface area contributed by atoms with E-state index >= 15 is 0 Å². The standard InChI is InChI=1S/C24H27N5O4/c1-4-20(31)28-12-24(13-28)14-29(23(32)17-10-25-7-8-26-17)19(11-30)22-21(24)16-6-5-15(33-3)9-18(16)27(22)2/h5-10,19,30H,4,11-14H2,1-3H3/t19-/m1/s1. The quantitative estimate of drug-likeness (QED) is 0.650. The van der Waals surface area contributed by atoms with Crippen molar-refractivity contribution in [2.45, 2.75) is 24.8 Å². The number of aryl methyl sites for hydroxylation is 1. The zero-order valence-corrected chi connectivity index (χ0v) is 19.0.